The first-order valence-electron chi connectivity index (χ1n) is 7.11. The monoisotopic (exact) mass is 345 g/mol. The molecule has 0 aliphatic heterocycles. The lowest BCUT2D eigenvalue weighted by Gasteiger charge is -2.06. The minimum absolute atomic E-state index is 0.143. The van der Waals surface area contributed by atoms with Gasteiger partial charge in [0, 0.05) is 10.7 Å². The predicted octanol–water partition coefficient (Wildman–Crippen LogP) is 2.83. The molecule has 2 aromatic carbocycles. The van der Waals surface area contributed by atoms with E-state index in [1.165, 1.54) is 18.3 Å². The number of amides is 2. The molecule has 0 saturated carbocycles. The standard InChI is InChI=1S/C17H16ClN3O3/c1-11-2-5-13(8-15(11)18)20-16(23)9-17(24)21-19-10-12-3-6-14(22)7-4-12/h2-8,10,22H,9H2,1H3,(H,20,23)(H,21,24)/b19-10+. The first-order valence-corrected chi connectivity index (χ1v) is 7.49. The molecule has 0 radical (unpaired) electrons. The maximum absolute atomic E-state index is 11.8. The van der Waals surface area contributed by atoms with Gasteiger partial charge in [-0.2, -0.15) is 5.10 Å². The fourth-order valence-electron chi connectivity index (χ4n) is 1.80. The zero-order chi connectivity index (χ0) is 17.5. The smallest absolute Gasteiger partial charge is 0.249 e. The maximum atomic E-state index is 11.8. The van der Waals surface area contributed by atoms with Crippen molar-refractivity contribution in [2.45, 2.75) is 13.3 Å². The average molecular weight is 346 g/mol. The number of aryl methyl sites for hydroxylation is 1. The number of halogens is 1. The Morgan fingerprint density at radius 3 is 2.54 bits per heavy atom. The zero-order valence-corrected chi connectivity index (χ0v) is 13.7. The normalized spacial score (nSPS) is 10.6. The number of phenols is 1. The van der Waals surface area contributed by atoms with Gasteiger partial charge in [-0.3, -0.25) is 9.59 Å². The molecular weight excluding hydrogens is 330 g/mol. The summed E-state index contributed by atoms with van der Waals surface area (Å²) in [5, 5.41) is 16.0. The molecule has 0 saturated heterocycles. The highest BCUT2D eigenvalue weighted by molar-refractivity contribution is 6.31. The summed E-state index contributed by atoms with van der Waals surface area (Å²) >= 11 is 5.97. The molecule has 0 fully saturated rings. The van der Waals surface area contributed by atoms with Crippen LogP contribution in [-0.2, 0) is 9.59 Å². The van der Waals surface area contributed by atoms with Crippen LogP contribution in [0.2, 0.25) is 5.02 Å². The third-order valence-electron chi connectivity index (χ3n) is 3.07. The van der Waals surface area contributed by atoms with Gasteiger partial charge in [0.1, 0.15) is 12.2 Å². The fraction of sp³-hybridized carbons (Fsp3) is 0.118. The number of hydrogen-bond donors (Lipinski definition) is 3. The molecule has 0 spiro atoms. The summed E-state index contributed by atoms with van der Waals surface area (Å²) in [6.45, 7) is 1.85. The number of hydrogen-bond acceptors (Lipinski definition) is 4. The van der Waals surface area contributed by atoms with Gasteiger partial charge in [0.05, 0.1) is 6.21 Å². The molecule has 0 bridgehead atoms. The van der Waals surface area contributed by atoms with E-state index < -0.39 is 11.8 Å². The molecule has 24 heavy (non-hydrogen) atoms. The van der Waals surface area contributed by atoms with Crippen molar-refractivity contribution >= 4 is 35.3 Å². The van der Waals surface area contributed by atoms with Gasteiger partial charge < -0.3 is 10.4 Å². The second-order valence-corrected chi connectivity index (χ2v) is 5.48. The maximum Gasteiger partial charge on any atom is 0.249 e. The number of phenolic OH excluding ortho intramolecular Hbond substituents is 1. The quantitative estimate of drug-likeness (QED) is 0.442. The minimum Gasteiger partial charge on any atom is -0.508 e. The van der Waals surface area contributed by atoms with Gasteiger partial charge in [0.2, 0.25) is 11.8 Å². The van der Waals surface area contributed by atoms with Gasteiger partial charge in [0.15, 0.2) is 0 Å². The lowest BCUT2D eigenvalue weighted by Crippen LogP contribution is -2.24. The lowest BCUT2D eigenvalue weighted by atomic mass is 10.2. The summed E-state index contributed by atoms with van der Waals surface area (Å²) in [4.78, 5) is 23.5. The first-order chi connectivity index (χ1) is 11.4. The van der Waals surface area contributed by atoms with E-state index in [4.69, 9.17) is 16.7 Å². The lowest BCUT2D eigenvalue weighted by molar-refractivity contribution is -0.126. The number of benzene rings is 2. The summed E-state index contributed by atoms with van der Waals surface area (Å²) in [6.07, 6.45) is 1.05. The van der Waals surface area contributed by atoms with Crippen LogP contribution in [0.15, 0.2) is 47.6 Å². The molecule has 0 aromatic heterocycles. The van der Waals surface area contributed by atoms with E-state index in [1.807, 2.05) is 6.92 Å². The van der Waals surface area contributed by atoms with Crippen molar-refractivity contribution in [3.63, 3.8) is 0 Å². The van der Waals surface area contributed by atoms with Crippen LogP contribution >= 0.6 is 11.6 Å². The van der Waals surface area contributed by atoms with Crippen LogP contribution < -0.4 is 10.7 Å². The van der Waals surface area contributed by atoms with E-state index in [2.05, 4.69) is 15.8 Å². The van der Waals surface area contributed by atoms with Crippen molar-refractivity contribution in [3.05, 3.63) is 58.6 Å². The Kier molecular flexibility index (Phi) is 5.92. The molecule has 2 rings (SSSR count). The molecule has 0 atom stereocenters. The molecule has 3 N–H and O–H groups in total. The summed E-state index contributed by atoms with van der Waals surface area (Å²) in [7, 11) is 0. The highest BCUT2D eigenvalue weighted by Gasteiger charge is 2.09. The van der Waals surface area contributed by atoms with Crippen LogP contribution in [0, 0.1) is 6.92 Å². The van der Waals surface area contributed by atoms with Crippen molar-refractivity contribution in [2.75, 3.05) is 5.32 Å². The second-order valence-electron chi connectivity index (χ2n) is 5.07. The van der Waals surface area contributed by atoms with E-state index in [1.54, 1.807) is 30.3 Å². The first kappa shape index (κ1) is 17.5. The number of rotatable bonds is 5. The van der Waals surface area contributed by atoms with E-state index in [0.717, 1.165) is 5.56 Å². The molecule has 2 amide bonds. The number of anilines is 1. The highest BCUT2D eigenvalue weighted by atomic mass is 35.5. The van der Waals surface area contributed by atoms with Crippen molar-refractivity contribution in [2.24, 2.45) is 5.10 Å². The third kappa shape index (κ3) is 5.40. The van der Waals surface area contributed by atoms with Crippen LogP contribution in [0.3, 0.4) is 0 Å². The molecule has 6 nitrogen and oxygen atoms in total. The number of nitrogens with zero attached hydrogens (tertiary/aromatic N) is 1. The van der Waals surface area contributed by atoms with Crippen LogP contribution in [0.5, 0.6) is 5.75 Å². The number of aromatic hydroxyl groups is 1. The molecule has 0 unspecified atom stereocenters. The van der Waals surface area contributed by atoms with Gasteiger partial charge >= 0.3 is 0 Å². The zero-order valence-electron chi connectivity index (χ0n) is 12.9. The predicted molar refractivity (Wildman–Crippen MR) is 93.3 cm³/mol. The Morgan fingerprint density at radius 1 is 1.17 bits per heavy atom. The molecule has 0 heterocycles. The van der Waals surface area contributed by atoms with Crippen LogP contribution in [0.4, 0.5) is 5.69 Å². The Hall–Kier alpha value is -2.86. The van der Waals surface area contributed by atoms with Crippen molar-refractivity contribution in [3.8, 4) is 5.75 Å². The summed E-state index contributed by atoms with van der Waals surface area (Å²) in [5.41, 5.74) is 4.39. The van der Waals surface area contributed by atoms with E-state index in [-0.39, 0.29) is 12.2 Å². The van der Waals surface area contributed by atoms with Gasteiger partial charge in [-0.1, -0.05) is 17.7 Å². The fourth-order valence-corrected chi connectivity index (χ4v) is 1.98. The topological polar surface area (TPSA) is 90.8 Å². The van der Waals surface area contributed by atoms with Crippen molar-refractivity contribution < 1.29 is 14.7 Å². The van der Waals surface area contributed by atoms with Crippen molar-refractivity contribution in [1.82, 2.24) is 5.43 Å². The van der Waals surface area contributed by atoms with E-state index in [0.29, 0.717) is 16.3 Å². The number of nitrogens with one attached hydrogen (secondary N) is 2. The summed E-state index contributed by atoms with van der Waals surface area (Å²) in [6, 6.07) is 11.4. The molecule has 0 aliphatic carbocycles. The Labute approximate surface area is 144 Å². The van der Waals surface area contributed by atoms with E-state index >= 15 is 0 Å². The molecule has 2 aromatic rings. The average Bonchev–Trinajstić information content (AvgIpc) is 2.53. The summed E-state index contributed by atoms with van der Waals surface area (Å²) < 4.78 is 0. The molecule has 7 heteroatoms. The molecular formula is C17H16ClN3O3. The van der Waals surface area contributed by atoms with Crippen LogP contribution in [-0.4, -0.2) is 23.1 Å². The molecule has 124 valence electrons. The Bertz CT molecular complexity index is 773. The largest absolute Gasteiger partial charge is 0.508 e. The van der Waals surface area contributed by atoms with Crippen LogP contribution in [0.1, 0.15) is 17.5 Å². The van der Waals surface area contributed by atoms with Gasteiger partial charge in [-0.15, -0.1) is 0 Å². The number of carbonyl (C=O) groups is 2. The minimum atomic E-state index is -0.541. The SMILES string of the molecule is Cc1ccc(NC(=O)CC(=O)N/N=C/c2ccc(O)cc2)cc1Cl. The van der Waals surface area contributed by atoms with Gasteiger partial charge in [-0.25, -0.2) is 5.43 Å². The summed E-state index contributed by atoms with van der Waals surface area (Å²) in [5.74, 6) is -0.864. The van der Waals surface area contributed by atoms with Crippen molar-refractivity contribution in [1.29, 1.82) is 0 Å². The Balaban J connectivity index is 1.81. The third-order valence-corrected chi connectivity index (χ3v) is 3.48. The number of carbonyl (C=O) groups excluding carboxylic acids is 2. The van der Waals surface area contributed by atoms with Crippen LogP contribution in [0.25, 0.3) is 0 Å². The highest BCUT2D eigenvalue weighted by Crippen LogP contribution is 2.19. The molecule has 0 aliphatic rings. The van der Waals surface area contributed by atoms with E-state index in [9.17, 15) is 9.59 Å². The number of hydrazone groups is 1. The Morgan fingerprint density at radius 2 is 1.88 bits per heavy atom. The van der Waals surface area contributed by atoms with Gasteiger partial charge in [-0.05, 0) is 54.4 Å². The second kappa shape index (κ2) is 8.12. The van der Waals surface area contributed by atoms with Gasteiger partial charge in [0.25, 0.3) is 0 Å².